The number of nitriles is 1. The highest BCUT2D eigenvalue weighted by molar-refractivity contribution is 9.10. The van der Waals surface area contributed by atoms with Crippen LogP contribution in [-0.2, 0) is 11.3 Å². The smallest absolute Gasteiger partial charge is 0.262 e. The number of carbonyl (C=O) groups excluding carboxylic acids is 1. The molecule has 0 fully saturated rings. The zero-order chi connectivity index (χ0) is 16.8. The molecule has 0 unspecified atom stereocenters. The normalized spacial score (nSPS) is 11.0. The summed E-state index contributed by atoms with van der Waals surface area (Å²) < 4.78 is 0.910. The van der Waals surface area contributed by atoms with Gasteiger partial charge in [0.25, 0.3) is 5.91 Å². The lowest BCUT2D eigenvalue weighted by molar-refractivity contribution is -0.117. The Morgan fingerprint density at radius 2 is 2.22 bits per heavy atom. The highest BCUT2D eigenvalue weighted by atomic mass is 79.9. The van der Waals surface area contributed by atoms with Crippen LogP contribution in [0.25, 0.3) is 6.08 Å². The van der Waals surface area contributed by atoms with Crippen molar-refractivity contribution in [2.24, 2.45) is 0 Å². The Morgan fingerprint density at radius 3 is 2.78 bits per heavy atom. The van der Waals surface area contributed by atoms with Crippen LogP contribution in [-0.4, -0.2) is 20.0 Å². The van der Waals surface area contributed by atoms with Gasteiger partial charge in [0.1, 0.15) is 11.6 Å². The quantitative estimate of drug-likeness (QED) is 0.624. The van der Waals surface area contributed by atoms with Gasteiger partial charge in [0.15, 0.2) is 0 Å². The number of nitrogens with zero attached hydrogens (tertiary/aromatic N) is 2. The zero-order valence-corrected chi connectivity index (χ0v) is 15.2. The van der Waals surface area contributed by atoms with E-state index in [2.05, 4.69) is 21.2 Å². The van der Waals surface area contributed by atoms with Gasteiger partial charge in [0.05, 0.1) is 12.2 Å². The van der Waals surface area contributed by atoms with Gasteiger partial charge in [0.2, 0.25) is 0 Å². The van der Waals surface area contributed by atoms with Gasteiger partial charge < -0.3 is 10.2 Å². The van der Waals surface area contributed by atoms with Gasteiger partial charge in [0, 0.05) is 23.4 Å². The van der Waals surface area contributed by atoms with Crippen LogP contribution in [0, 0.1) is 11.3 Å². The van der Waals surface area contributed by atoms with Crippen LogP contribution >= 0.6 is 27.3 Å². The molecule has 23 heavy (non-hydrogen) atoms. The monoisotopic (exact) mass is 389 g/mol. The summed E-state index contributed by atoms with van der Waals surface area (Å²) in [6.45, 7) is 0.429. The van der Waals surface area contributed by atoms with Gasteiger partial charge in [-0.05, 0) is 51.1 Å². The van der Waals surface area contributed by atoms with Crippen molar-refractivity contribution in [2.75, 3.05) is 19.0 Å². The standard InChI is InChI=1S/C17H16BrN3OS/c1-21(2)16-6-5-12(9-15(16)18)8-13(10-19)17(22)20-11-14-4-3-7-23-14/h3-9H,11H2,1-2H3,(H,20,22). The van der Waals surface area contributed by atoms with Crippen molar-refractivity contribution in [1.82, 2.24) is 5.32 Å². The van der Waals surface area contributed by atoms with E-state index in [0.717, 1.165) is 20.6 Å². The van der Waals surface area contributed by atoms with Crippen LogP contribution in [0.2, 0.25) is 0 Å². The van der Waals surface area contributed by atoms with Crippen LogP contribution in [0.5, 0.6) is 0 Å². The average Bonchev–Trinajstić information content (AvgIpc) is 3.03. The molecule has 1 amide bonds. The van der Waals surface area contributed by atoms with Gasteiger partial charge >= 0.3 is 0 Å². The Morgan fingerprint density at radius 1 is 1.43 bits per heavy atom. The minimum absolute atomic E-state index is 0.0889. The molecule has 1 aromatic heterocycles. The molecule has 0 radical (unpaired) electrons. The fourth-order valence-corrected chi connectivity index (χ4v) is 3.36. The summed E-state index contributed by atoms with van der Waals surface area (Å²) in [5.41, 5.74) is 1.92. The van der Waals surface area contributed by atoms with Crippen molar-refractivity contribution < 1.29 is 4.79 Å². The van der Waals surface area contributed by atoms with Crippen LogP contribution in [0.3, 0.4) is 0 Å². The highest BCUT2D eigenvalue weighted by Crippen LogP contribution is 2.26. The van der Waals surface area contributed by atoms with E-state index in [1.54, 1.807) is 17.4 Å². The molecule has 6 heteroatoms. The number of thiophene rings is 1. The maximum absolute atomic E-state index is 12.1. The SMILES string of the molecule is CN(C)c1ccc(C=C(C#N)C(=O)NCc2cccs2)cc1Br. The number of hydrogen-bond acceptors (Lipinski definition) is 4. The van der Waals surface area contributed by atoms with E-state index in [0.29, 0.717) is 6.54 Å². The third-order valence-electron chi connectivity index (χ3n) is 3.13. The Balaban J connectivity index is 2.13. The topological polar surface area (TPSA) is 56.1 Å². The summed E-state index contributed by atoms with van der Waals surface area (Å²) in [5, 5.41) is 13.9. The fourth-order valence-electron chi connectivity index (χ4n) is 1.97. The molecule has 1 aromatic carbocycles. The molecule has 118 valence electrons. The second kappa shape index (κ2) is 7.95. The van der Waals surface area contributed by atoms with Gasteiger partial charge in [-0.1, -0.05) is 12.1 Å². The van der Waals surface area contributed by atoms with Crippen LogP contribution in [0.1, 0.15) is 10.4 Å². The molecule has 0 aliphatic heterocycles. The van der Waals surface area contributed by atoms with E-state index in [-0.39, 0.29) is 11.5 Å². The Kier molecular flexibility index (Phi) is 5.97. The molecule has 4 nitrogen and oxygen atoms in total. The average molecular weight is 390 g/mol. The van der Waals surface area contributed by atoms with Crippen LogP contribution in [0.15, 0.2) is 45.8 Å². The summed E-state index contributed by atoms with van der Waals surface area (Å²) in [6, 6.07) is 11.5. The summed E-state index contributed by atoms with van der Waals surface area (Å²) in [6.07, 6.45) is 1.59. The summed E-state index contributed by atoms with van der Waals surface area (Å²) in [4.78, 5) is 15.1. The second-order valence-corrected chi connectivity index (χ2v) is 6.92. The maximum Gasteiger partial charge on any atom is 0.262 e. The molecule has 1 heterocycles. The maximum atomic E-state index is 12.1. The zero-order valence-electron chi connectivity index (χ0n) is 12.8. The molecule has 0 spiro atoms. The van der Waals surface area contributed by atoms with E-state index in [9.17, 15) is 10.1 Å². The molecule has 0 aliphatic carbocycles. The molecule has 0 bridgehead atoms. The fraction of sp³-hybridized carbons (Fsp3) is 0.176. The van der Waals surface area contributed by atoms with Crippen molar-refractivity contribution in [3.8, 4) is 6.07 Å². The van der Waals surface area contributed by atoms with Crippen molar-refractivity contribution in [3.63, 3.8) is 0 Å². The van der Waals surface area contributed by atoms with Crippen molar-refractivity contribution >= 4 is 44.9 Å². The predicted octanol–water partition coefficient (Wildman–Crippen LogP) is 3.80. The number of halogens is 1. The highest BCUT2D eigenvalue weighted by Gasteiger charge is 2.10. The van der Waals surface area contributed by atoms with Gasteiger partial charge in [-0.25, -0.2) is 0 Å². The minimum Gasteiger partial charge on any atom is -0.377 e. The molecule has 2 rings (SSSR count). The largest absolute Gasteiger partial charge is 0.377 e. The molecule has 2 aromatic rings. The van der Waals surface area contributed by atoms with E-state index in [1.807, 2.05) is 60.8 Å². The number of benzene rings is 1. The number of rotatable bonds is 5. The molecule has 0 saturated heterocycles. The Labute approximate surface area is 148 Å². The molecular weight excluding hydrogens is 374 g/mol. The third kappa shape index (κ3) is 4.68. The second-order valence-electron chi connectivity index (χ2n) is 5.04. The minimum atomic E-state index is -0.367. The number of amides is 1. The summed E-state index contributed by atoms with van der Waals surface area (Å²) >= 11 is 5.07. The lowest BCUT2D eigenvalue weighted by atomic mass is 10.1. The van der Waals surface area contributed by atoms with E-state index < -0.39 is 0 Å². The van der Waals surface area contributed by atoms with Gasteiger partial charge in [-0.15, -0.1) is 11.3 Å². The first-order chi connectivity index (χ1) is 11.0. The molecule has 1 N–H and O–H groups in total. The number of nitrogens with one attached hydrogen (secondary N) is 1. The van der Waals surface area contributed by atoms with Crippen molar-refractivity contribution in [2.45, 2.75) is 6.54 Å². The molecule has 0 saturated carbocycles. The number of carbonyl (C=O) groups is 1. The third-order valence-corrected chi connectivity index (χ3v) is 4.64. The molecule has 0 atom stereocenters. The predicted molar refractivity (Wildman–Crippen MR) is 98.2 cm³/mol. The van der Waals surface area contributed by atoms with Crippen molar-refractivity contribution in [3.05, 3.63) is 56.2 Å². The number of hydrogen-bond donors (Lipinski definition) is 1. The number of anilines is 1. The Bertz CT molecular complexity index is 761. The lowest BCUT2D eigenvalue weighted by Crippen LogP contribution is -2.23. The summed E-state index contributed by atoms with van der Waals surface area (Å²) in [7, 11) is 3.91. The van der Waals surface area contributed by atoms with Crippen LogP contribution < -0.4 is 10.2 Å². The van der Waals surface area contributed by atoms with Crippen molar-refractivity contribution in [1.29, 1.82) is 5.26 Å². The first kappa shape index (κ1) is 17.3. The first-order valence-corrected chi connectivity index (χ1v) is 8.58. The van der Waals surface area contributed by atoms with E-state index >= 15 is 0 Å². The van der Waals surface area contributed by atoms with Gasteiger partial charge in [-0.3, -0.25) is 4.79 Å². The first-order valence-electron chi connectivity index (χ1n) is 6.90. The van der Waals surface area contributed by atoms with E-state index in [1.165, 1.54) is 0 Å². The Hall–Kier alpha value is -2.10. The van der Waals surface area contributed by atoms with E-state index in [4.69, 9.17) is 0 Å². The van der Waals surface area contributed by atoms with Crippen LogP contribution in [0.4, 0.5) is 5.69 Å². The molecular formula is C17H16BrN3OS. The molecule has 0 aliphatic rings. The van der Waals surface area contributed by atoms with Gasteiger partial charge in [-0.2, -0.15) is 5.26 Å². The lowest BCUT2D eigenvalue weighted by Gasteiger charge is -2.14. The summed E-state index contributed by atoms with van der Waals surface area (Å²) in [5.74, 6) is -0.367.